The summed E-state index contributed by atoms with van der Waals surface area (Å²) in [5.41, 5.74) is 1.05. The largest absolute Gasteiger partial charge is 0.354 e. The maximum absolute atomic E-state index is 11.5. The highest BCUT2D eigenvalue weighted by Gasteiger charge is 2.10. The number of anilines is 1. The van der Waals surface area contributed by atoms with Gasteiger partial charge in [-0.2, -0.15) is 0 Å². The van der Waals surface area contributed by atoms with Crippen LogP contribution < -0.4 is 10.5 Å². The zero-order chi connectivity index (χ0) is 13.1. The maximum Gasteiger partial charge on any atom is 0.266 e. The molecule has 0 amide bonds. The van der Waals surface area contributed by atoms with Crippen LogP contribution in [0.15, 0.2) is 39.9 Å². The second kappa shape index (κ2) is 5.83. The number of halogens is 2. The van der Waals surface area contributed by atoms with Crippen molar-refractivity contribution in [1.29, 1.82) is 0 Å². The lowest BCUT2D eigenvalue weighted by Crippen LogP contribution is -2.23. The Morgan fingerprint density at radius 2 is 2.28 bits per heavy atom. The lowest BCUT2D eigenvalue weighted by atomic mass is 10.2. The molecule has 0 bridgehead atoms. The average Bonchev–Trinajstić information content (AvgIpc) is 2.32. The Morgan fingerprint density at radius 1 is 1.50 bits per heavy atom. The summed E-state index contributed by atoms with van der Waals surface area (Å²) in [6.07, 6.45) is 1.43. The number of nitrogens with zero attached hydrogens (tertiary/aromatic N) is 2. The number of benzene rings is 1. The highest BCUT2D eigenvalue weighted by molar-refractivity contribution is 14.1. The molecule has 0 unspecified atom stereocenters. The van der Waals surface area contributed by atoms with E-state index in [-0.39, 0.29) is 5.56 Å². The third-order valence-electron chi connectivity index (χ3n) is 2.45. The average molecular weight is 420 g/mol. The highest BCUT2D eigenvalue weighted by atomic mass is 127. The van der Waals surface area contributed by atoms with Gasteiger partial charge in [-0.1, -0.05) is 28.1 Å². The first-order valence-corrected chi connectivity index (χ1v) is 7.14. The Morgan fingerprint density at radius 3 is 3.00 bits per heavy atom. The molecule has 0 aliphatic heterocycles. The Bertz CT molecular complexity index is 614. The summed E-state index contributed by atoms with van der Waals surface area (Å²) >= 11 is 5.46. The molecule has 0 aliphatic carbocycles. The number of rotatable bonds is 3. The summed E-state index contributed by atoms with van der Waals surface area (Å²) in [5, 5.41) is 0. The van der Waals surface area contributed by atoms with Gasteiger partial charge < -0.3 is 9.88 Å². The minimum Gasteiger partial charge on any atom is -0.354 e. The van der Waals surface area contributed by atoms with Crippen LogP contribution in [0.2, 0.25) is 0 Å². The maximum atomic E-state index is 11.5. The molecular weight excluding hydrogens is 409 g/mol. The van der Waals surface area contributed by atoms with Gasteiger partial charge in [0, 0.05) is 18.1 Å². The van der Waals surface area contributed by atoms with Gasteiger partial charge in [0.15, 0.2) is 0 Å². The summed E-state index contributed by atoms with van der Waals surface area (Å²) in [4.78, 5) is 20.2. The molecule has 1 N–H and O–H groups in total. The number of hydrogen-bond donors (Lipinski definition) is 1. The van der Waals surface area contributed by atoms with Crippen LogP contribution in [-0.4, -0.2) is 17.0 Å². The smallest absolute Gasteiger partial charge is 0.266 e. The molecule has 2 aromatic rings. The van der Waals surface area contributed by atoms with E-state index >= 15 is 0 Å². The van der Waals surface area contributed by atoms with Gasteiger partial charge >= 0.3 is 0 Å². The zero-order valence-corrected chi connectivity index (χ0v) is 13.4. The van der Waals surface area contributed by atoms with Crippen molar-refractivity contribution in [2.45, 2.75) is 6.54 Å². The first-order valence-electron chi connectivity index (χ1n) is 5.26. The SMILES string of the molecule is CN(Cc1cccc(Br)c1)c1nc[nH]c(=O)c1I. The standard InChI is InChI=1S/C12H11BrIN3O/c1-17(6-8-3-2-4-9(13)5-8)11-10(14)12(18)16-7-15-11/h2-5,7H,6H2,1H3,(H,15,16,18). The van der Waals surface area contributed by atoms with Crippen LogP contribution in [0.25, 0.3) is 0 Å². The van der Waals surface area contributed by atoms with Crippen LogP contribution in [-0.2, 0) is 6.54 Å². The molecule has 4 nitrogen and oxygen atoms in total. The van der Waals surface area contributed by atoms with Crippen molar-refractivity contribution < 1.29 is 0 Å². The molecule has 1 aromatic heterocycles. The predicted molar refractivity (Wildman–Crippen MR) is 83.8 cm³/mol. The molecule has 0 aliphatic rings. The fraction of sp³-hybridized carbons (Fsp3) is 0.167. The quantitative estimate of drug-likeness (QED) is 0.778. The lowest BCUT2D eigenvalue weighted by Gasteiger charge is -2.19. The van der Waals surface area contributed by atoms with E-state index in [2.05, 4.69) is 32.0 Å². The second-order valence-corrected chi connectivity index (χ2v) is 5.85. The molecule has 0 saturated carbocycles. The molecule has 0 atom stereocenters. The first-order chi connectivity index (χ1) is 8.58. The minimum atomic E-state index is -0.110. The summed E-state index contributed by atoms with van der Waals surface area (Å²) in [7, 11) is 1.92. The molecule has 94 valence electrons. The van der Waals surface area contributed by atoms with Crippen LogP contribution in [0, 0.1) is 3.57 Å². The fourth-order valence-corrected chi connectivity index (χ4v) is 2.78. The van der Waals surface area contributed by atoms with E-state index in [1.165, 1.54) is 6.33 Å². The molecule has 2 rings (SSSR count). The van der Waals surface area contributed by atoms with Crippen LogP contribution >= 0.6 is 38.5 Å². The molecule has 1 aromatic carbocycles. The normalized spacial score (nSPS) is 10.4. The lowest BCUT2D eigenvalue weighted by molar-refractivity contribution is 0.879. The summed E-state index contributed by atoms with van der Waals surface area (Å²) < 4.78 is 1.65. The Labute approximate surface area is 127 Å². The minimum absolute atomic E-state index is 0.110. The zero-order valence-electron chi connectivity index (χ0n) is 9.65. The van der Waals surface area contributed by atoms with Crippen molar-refractivity contribution >= 4 is 44.3 Å². The molecule has 0 spiro atoms. The van der Waals surface area contributed by atoms with E-state index in [4.69, 9.17) is 0 Å². The van der Waals surface area contributed by atoms with Crippen LogP contribution in [0.4, 0.5) is 5.82 Å². The van der Waals surface area contributed by atoms with Gasteiger partial charge in [0.2, 0.25) is 0 Å². The highest BCUT2D eigenvalue weighted by Crippen LogP contribution is 2.18. The molecule has 0 radical (unpaired) electrons. The van der Waals surface area contributed by atoms with Crippen LogP contribution in [0.3, 0.4) is 0 Å². The van der Waals surface area contributed by atoms with Gasteiger partial charge in [0.25, 0.3) is 5.56 Å². The Hall–Kier alpha value is -0.890. The molecule has 0 saturated heterocycles. The topological polar surface area (TPSA) is 49.0 Å². The number of aromatic nitrogens is 2. The Kier molecular flexibility index (Phi) is 4.39. The van der Waals surface area contributed by atoms with Crippen LogP contribution in [0.1, 0.15) is 5.56 Å². The van der Waals surface area contributed by atoms with Crippen molar-refractivity contribution in [3.8, 4) is 0 Å². The second-order valence-electron chi connectivity index (χ2n) is 3.86. The van der Waals surface area contributed by atoms with Crippen molar-refractivity contribution in [1.82, 2.24) is 9.97 Å². The van der Waals surface area contributed by atoms with Gasteiger partial charge in [-0.15, -0.1) is 0 Å². The number of H-pyrrole nitrogens is 1. The van der Waals surface area contributed by atoms with Gasteiger partial charge in [0.05, 0.1) is 6.33 Å². The summed E-state index contributed by atoms with van der Waals surface area (Å²) in [6, 6.07) is 8.07. The van der Waals surface area contributed by atoms with E-state index in [9.17, 15) is 4.79 Å². The summed E-state index contributed by atoms with van der Waals surface area (Å²) in [6.45, 7) is 0.700. The van der Waals surface area contributed by atoms with E-state index in [1.54, 1.807) is 0 Å². The van der Waals surface area contributed by atoms with Crippen molar-refractivity contribution in [3.05, 3.63) is 54.6 Å². The molecule has 18 heavy (non-hydrogen) atoms. The van der Waals surface area contributed by atoms with Gasteiger partial charge in [0.1, 0.15) is 9.39 Å². The van der Waals surface area contributed by atoms with Crippen LogP contribution in [0.5, 0.6) is 0 Å². The number of nitrogens with one attached hydrogen (secondary N) is 1. The first kappa shape index (κ1) is 13.5. The molecule has 0 fully saturated rings. The molecule has 6 heteroatoms. The third-order valence-corrected chi connectivity index (χ3v) is 3.91. The third kappa shape index (κ3) is 3.11. The van der Waals surface area contributed by atoms with E-state index < -0.39 is 0 Å². The van der Waals surface area contributed by atoms with Crippen molar-refractivity contribution in [3.63, 3.8) is 0 Å². The van der Waals surface area contributed by atoms with Gasteiger partial charge in [-0.3, -0.25) is 4.79 Å². The van der Waals surface area contributed by atoms with Crippen molar-refractivity contribution in [2.75, 3.05) is 11.9 Å². The van der Waals surface area contributed by atoms with E-state index in [0.717, 1.165) is 10.0 Å². The van der Waals surface area contributed by atoms with E-state index in [0.29, 0.717) is 15.9 Å². The number of hydrogen-bond acceptors (Lipinski definition) is 3. The van der Waals surface area contributed by atoms with Crippen molar-refractivity contribution in [2.24, 2.45) is 0 Å². The summed E-state index contributed by atoms with van der Waals surface area (Å²) in [5.74, 6) is 0.694. The number of aromatic amines is 1. The molecule has 1 heterocycles. The predicted octanol–water partition coefficient (Wildman–Crippen LogP) is 2.77. The Balaban J connectivity index is 2.25. The monoisotopic (exact) mass is 419 g/mol. The van der Waals surface area contributed by atoms with E-state index in [1.807, 2.05) is 52.7 Å². The fourth-order valence-electron chi connectivity index (χ4n) is 1.62. The van der Waals surface area contributed by atoms with Gasteiger partial charge in [-0.25, -0.2) is 4.98 Å². The van der Waals surface area contributed by atoms with Gasteiger partial charge in [-0.05, 0) is 40.3 Å². The molecular formula is C12H11BrIN3O.